The Balaban J connectivity index is 1.69. The van der Waals surface area contributed by atoms with Gasteiger partial charge in [-0.3, -0.25) is 14.5 Å². The maximum Gasteiger partial charge on any atom is 0.301 e. The fourth-order valence-corrected chi connectivity index (χ4v) is 5.59. The molecule has 1 aliphatic heterocycles. The minimum Gasteiger partial charge on any atom is -0.507 e. The van der Waals surface area contributed by atoms with Crippen molar-refractivity contribution >= 4 is 67.3 Å². The van der Waals surface area contributed by atoms with E-state index in [9.17, 15) is 14.7 Å². The fourth-order valence-electron chi connectivity index (χ4n) is 4.26. The van der Waals surface area contributed by atoms with Crippen molar-refractivity contribution in [1.82, 2.24) is 4.98 Å². The summed E-state index contributed by atoms with van der Waals surface area (Å²) in [5.41, 5.74) is 1.39. The fraction of sp³-hybridized carbons (Fsp3) is 0.179. The second-order valence-electron chi connectivity index (χ2n) is 8.55. The van der Waals surface area contributed by atoms with Gasteiger partial charge in [-0.05, 0) is 54.4 Å². The zero-order chi connectivity index (χ0) is 27.0. The molecule has 1 unspecified atom stereocenters. The lowest BCUT2D eigenvalue weighted by atomic mass is 9.95. The summed E-state index contributed by atoms with van der Waals surface area (Å²) in [5, 5.41) is 12.3. The highest BCUT2D eigenvalue weighted by molar-refractivity contribution is 7.22. The number of aliphatic hydroxyl groups excluding tert-OH is 1. The first kappa shape index (κ1) is 26.0. The molecule has 1 fully saturated rings. The van der Waals surface area contributed by atoms with E-state index in [0.717, 1.165) is 11.1 Å². The van der Waals surface area contributed by atoms with Crippen LogP contribution in [0.5, 0.6) is 11.5 Å². The molecule has 0 radical (unpaired) electrons. The highest BCUT2D eigenvalue weighted by Gasteiger charge is 2.48. The number of anilines is 1. The number of halogens is 2. The van der Waals surface area contributed by atoms with Crippen molar-refractivity contribution < 1.29 is 24.2 Å². The number of ketones is 1. The van der Waals surface area contributed by atoms with Crippen molar-refractivity contribution in [3.63, 3.8) is 0 Å². The van der Waals surface area contributed by atoms with Crippen LogP contribution in [0.1, 0.15) is 30.5 Å². The number of ether oxygens (including phenoxy) is 2. The summed E-state index contributed by atoms with van der Waals surface area (Å²) in [6, 6.07) is 16.0. The molecule has 194 valence electrons. The van der Waals surface area contributed by atoms with Crippen molar-refractivity contribution in [2.75, 3.05) is 18.6 Å². The third kappa shape index (κ3) is 4.71. The lowest BCUT2D eigenvalue weighted by Crippen LogP contribution is -2.29. The molecular weight excluding hydrogens is 547 g/mol. The van der Waals surface area contributed by atoms with Crippen LogP contribution in [0.25, 0.3) is 16.0 Å². The van der Waals surface area contributed by atoms with Crippen LogP contribution in [0.3, 0.4) is 0 Å². The molecule has 1 aliphatic rings. The number of hydrogen-bond acceptors (Lipinski definition) is 7. The second-order valence-corrected chi connectivity index (χ2v) is 10.4. The average molecular weight is 569 g/mol. The normalized spacial score (nSPS) is 16.8. The van der Waals surface area contributed by atoms with Crippen LogP contribution in [0.4, 0.5) is 5.13 Å². The summed E-state index contributed by atoms with van der Waals surface area (Å²) < 4.78 is 11.8. The molecule has 4 aromatic rings. The highest BCUT2D eigenvalue weighted by atomic mass is 35.5. The quantitative estimate of drug-likeness (QED) is 0.146. The van der Waals surface area contributed by atoms with Crippen molar-refractivity contribution in [3.8, 4) is 11.5 Å². The van der Waals surface area contributed by atoms with Gasteiger partial charge in [0, 0.05) is 5.56 Å². The SMILES string of the molecule is CCCOc1cccc(C(O)=C2C(=O)C(=O)N(c3nc4ccc(OC)cc4s3)C2c2ccc(Cl)c(Cl)c2)c1. The molecule has 2 heterocycles. The van der Waals surface area contributed by atoms with Gasteiger partial charge in [-0.1, -0.05) is 59.7 Å². The smallest absolute Gasteiger partial charge is 0.301 e. The third-order valence-corrected chi connectivity index (χ3v) is 7.83. The Kier molecular flexibility index (Phi) is 7.29. The summed E-state index contributed by atoms with van der Waals surface area (Å²) in [7, 11) is 1.56. The molecule has 7 nitrogen and oxygen atoms in total. The Morgan fingerprint density at radius 2 is 1.87 bits per heavy atom. The number of aliphatic hydroxyl groups is 1. The number of carbonyl (C=O) groups excluding carboxylic acids is 2. The number of carbonyl (C=O) groups is 2. The molecule has 0 spiro atoms. The number of Topliss-reactive ketones (excluding diaryl/α,β-unsaturated/α-hetero) is 1. The topological polar surface area (TPSA) is 89.0 Å². The van der Waals surface area contributed by atoms with E-state index < -0.39 is 17.7 Å². The summed E-state index contributed by atoms with van der Waals surface area (Å²) >= 11 is 13.7. The molecule has 1 amide bonds. The van der Waals surface area contributed by atoms with E-state index in [1.807, 2.05) is 13.0 Å². The van der Waals surface area contributed by atoms with Gasteiger partial charge in [0.2, 0.25) is 0 Å². The Morgan fingerprint density at radius 3 is 2.61 bits per heavy atom. The monoisotopic (exact) mass is 568 g/mol. The number of amides is 1. The minimum atomic E-state index is -0.993. The number of methoxy groups -OCH3 is 1. The van der Waals surface area contributed by atoms with Crippen LogP contribution >= 0.6 is 34.5 Å². The molecule has 1 N–H and O–H groups in total. The number of nitrogens with zero attached hydrogens (tertiary/aromatic N) is 2. The molecule has 10 heteroatoms. The van der Waals surface area contributed by atoms with Crippen LogP contribution in [-0.4, -0.2) is 35.5 Å². The lowest BCUT2D eigenvalue weighted by Gasteiger charge is -2.23. The van der Waals surface area contributed by atoms with E-state index in [1.54, 1.807) is 61.7 Å². The highest BCUT2D eigenvalue weighted by Crippen LogP contribution is 2.45. The molecule has 0 saturated carbocycles. The second kappa shape index (κ2) is 10.6. The van der Waals surface area contributed by atoms with E-state index in [4.69, 9.17) is 32.7 Å². The number of benzene rings is 3. The molecule has 0 aliphatic carbocycles. The van der Waals surface area contributed by atoms with Crippen LogP contribution in [0.2, 0.25) is 10.0 Å². The maximum atomic E-state index is 13.5. The van der Waals surface area contributed by atoms with E-state index in [2.05, 4.69) is 4.98 Å². The van der Waals surface area contributed by atoms with Gasteiger partial charge >= 0.3 is 5.91 Å². The summed E-state index contributed by atoms with van der Waals surface area (Å²) in [6.07, 6.45) is 0.812. The predicted octanol–water partition coefficient (Wildman–Crippen LogP) is 7.03. The molecule has 5 rings (SSSR count). The Labute approximate surface area is 232 Å². The molecule has 1 aromatic heterocycles. The zero-order valence-electron chi connectivity index (χ0n) is 20.4. The molecule has 3 aromatic carbocycles. The van der Waals surface area contributed by atoms with E-state index in [-0.39, 0.29) is 16.4 Å². The summed E-state index contributed by atoms with van der Waals surface area (Å²) in [6.45, 7) is 2.49. The largest absolute Gasteiger partial charge is 0.507 e. The molecular formula is C28H22Cl2N2O5S. The molecule has 0 bridgehead atoms. The van der Waals surface area contributed by atoms with Crippen LogP contribution in [0.15, 0.2) is 66.2 Å². The van der Waals surface area contributed by atoms with Gasteiger partial charge in [-0.25, -0.2) is 4.98 Å². The van der Waals surface area contributed by atoms with Crippen molar-refractivity contribution in [2.24, 2.45) is 0 Å². The summed E-state index contributed by atoms with van der Waals surface area (Å²) in [5.74, 6) is -0.800. The first-order valence-electron chi connectivity index (χ1n) is 11.8. The summed E-state index contributed by atoms with van der Waals surface area (Å²) in [4.78, 5) is 32.9. The van der Waals surface area contributed by atoms with Gasteiger partial charge in [0.05, 0.1) is 45.6 Å². The van der Waals surface area contributed by atoms with Crippen molar-refractivity contribution in [2.45, 2.75) is 19.4 Å². The molecule has 1 saturated heterocycles. The first-order chi connectivity index (χ1) is 18.3. The average Bonchev–Trinajstić information content (AvgIpc) is 3.46. The van der Waals surface area contributed by atoms with Gasteiger partial charge in [0.1, 0.15) is 17.3 Å². The van der Waals surface area contributed by atoms with E-state index in [0.29, 0.717) is 44.9 Å². The van der Waals surface area contributed by atoms with Crippen LogP contribution in [-0.2, 0) is 9.59 Å². The number of aromatic nitrogens is 1. The Morgan fingerprint density at radius 1 is 1.05 bits per heavy atom. The standard InChI is InChI=1S/C28H22Cl2N2O5S/c1-3-11-37-18-6-4-5-16(12-18)25(33)23-24(15-7-9-19(29)20(30)13-15)32(27(35)26(23)34)28-31-21-10-8-17(36-2)14-22(21)38-28/h4-10,12-14,24,33H,3,11H2,1-2H3. The number of thiazole rings is 1. The third-order valence-electron chi connectivity index (χ3n) is 6.07. The molecule has 38 heavy (non-hydrogen) atoms. The van der Waals surface area contributed by atoms with E-state index in [1.165, 1.54) is 16.2 Å². The van der Waals surface area contributed by atoms with Crippen LogP contribution in [0, 0.1) is 0 Å². The van der Waals surface area contributed by atoms with Crippen LogP contribution < -0.4 is 14.4 Å². The molecule has 1 atom stereocenters. The minimum absolute atomic E-state index is 0.0853. The van der Waals surface area contributed by atoms with Gasteiger partial charge in [0.15, 0.2) is 5.13 Å². The maximum absolute atomic E-state index is 13.5. The Bertz CT molecular complexity index is 1600. The zero-order valence-corrected chi connectivity index (χ0v) is 22.7. The first-order valence-corrected chi connectivity index (χ1v) is 13.3. The number of hydrogen-bond donors (Lipinski definition) is 1. The lowest BCUT2D eigenvalue weighted by molar-refractivity contribution is -0.132. The van der Waals surface area contributed by atoms with Crippen molar-refractivity contribution in [1.29, 1.82) is 0 Å². The van der Waals surface area contributed by atoms with E-state index >= 15 is 0 Å². The van der Waals surface area contributed by atoms with Gasteiger partial charge in [-0.2, -0.15) is 0 Å². The van der Waals surface area contributed by atoms with Gasteiger partial charge in [-0.15, -0.1) is 0 Å². The number of fused-ring (bicyclic) bond motifs is 1. The van der Waals surface area contributed by atoms with Gasteiger partial charge < -0.3 is 14.6 Å². The number of rotatable bonds is 7. The predicted molar refractivity (Wildman–Crippen MR) is 150 cm³/mol. The Hall–Kier alpha value is -3.59. The van der Waals surface area contributed by atoms with Crippen molar-refractivity contribution in [3.05, 3.63) is 87.4 Å². The van der Waals surface area contributed by atoms with Gasteiger partial charge in [0.25, 0.3) is 5.78 Å².